The lowest BCUT2D eigenvalue weighted by molar-refractivity contribution is -0.189. The van der Waals surface area contributed by atoms with Crippen LogP contribution in [0, 0.1) is 5.92 Å². The van der Waals surface area contributed by atoms with Crippen LogP contribution in [0.1, 0.15) is 12.8 Å². The van der Waals surface area contributed by atoms with Crippen molar-refractivity contribution in [2.75, 3.05) is 24.6 Å². The van der Waals surface area contributed by atoms with Crippen molar-refractivity contribution >= 4 is 9.84 Å². The molecule has 0 aromatic heterocycles. The fourth-order valence-corrected chi connectivity index (χ4v) is 4.57. The van der Waals surface area contributed by atoms with Gasteiger partial charge < -0.3 is 5.11 Å². The highest BCUT2D eigenvalue weighted by Gasteiger charge is 2.46. The molecule has 1 N–H and O–H groups in total. The molecule has 2 fully saturated rings. The van der Waals surface area contributed by atoms with Crippen LogP contribution in [0.3, 0.4) is 0 Å². The van der Waals surface area contributed by atoms with Gasteiger partial charge in [-0.15, -0.1) is 0 Å². The molecular weight excluding hydrogens is 271 g/mol. The van der Waals surface area contributed by atoms with Crippen LogP contribution < -0.4 is 0 Å². The summed E-state index contributed by atoms with van der Waals surface area (Å²) in [6, 6.07) is -0.680. The van der Waals surface area contributed by atoms with Crippen LogP contribution in [-0.2, 0) is 9.84 Å². The van der Waals surface area contributed by atoms with Gasteiger partial charge in [0.1, 0.15) is 0 Å². The number of aliphatic hydroxyl groups is 1. The molecule has 3 unspecified atom stereocenters. The first-order valence-corrected chi connectivity index (χ1v) is 7.70. The van der Waals surface area contributed by atoms with Gasteiger partial charge in [-0.25, -0.2) is 8.42 Å². The smallest absolute Gasteiger partial charge is 0.390 e. The van der Waals surface area contributed by atoms with Crippen molar-refractivity contribution in [2.24, 2.45) is 5.92 Å². The zero-order valence-corrected chi connectivity index (χ0v) is 10.5. The Morgan fingerprint density at radius 1 is 1.22 bits per heavy atom. The van der Waals surface area contributed by atoms with Gasteiger partial charge in [-0.3, -0.25) is 4.90 Å². The fourth-order valence-electron chi connectivity index (χ4n) is 2.73. The number of alkyl halides is 3. The molecule has 0 bridgehead atoms. The zero-order chi connectivity index (χ0) is 13.6. The third kappa shape index (κ3) is 2.97. The third-order valence-electron chi connectivity index (χ3n) is 3.68. The van der Waals surface area contributed by atoms with Crippen LogP contribution >= 0.6 is 0 Å². The predicted octanol–water partition coefficient (Wildman–Crippen LogP) is 0.419. The van der Waals surface area contributed by atoms with E-state index in [0.29, 0.717) is 13.0 Å². The van der Waals surface area contributed by atoms with Crippen LogP contribution in [0.2, 0.25) is 0 Å². The maximum absolute atomic E-state index is 12.6. The largest absolute Gasteiger partial charge is 0.393 e. The molecule has 0 radical (unpaired) electrons. The van der Waals surface area contributed by atoms with E-state index in [2.05, 4.69) is 0 Å². The normalized spacial score (nSPS) is 37.9. The summed E-state index contributed by atoms with van der Waals surface area (Å²) in [6.45, 7) is 0.213. The van der Waals surface area contributed by atoms with Gasteiger partial charge in [-0.1, -0.05) is 0 Å². The number of sulfone groups is 1. The molecule has 0 aromatic carbocycles. The van der Waals surface area contributed by atoms with Crippen molar-refractivity contribution < 1.29 is 26.7 Å². The minimum atomic E-state index is -4.25. The summed E-state index contributed by atoms with van der Waals surface area (Å²) in [7, 11) is -3.32. The minimum Gasteiger partial charge on any atom is -0.390 e. The van der Waals surface area contributed by atoms with Crippen LogP contribution in [0.25, 0.3) is 0 Å². The Kier molecular flexibility index (Phi) is 3.63. The maximum atomic E-state index is 12.6. The number of hydrogen-bond donors (Lipinski definition) is 1. The molecule has 0 amide bonds. The number of halogens is 3. The Labute approximate surface area is 104 Å². The number of rotatable bonds is 1. The topological polar surface area (TPSA) is 57.6 Å². The van der Waals surface area contributed by atoms with E-state index in [1.807, 2.05) is 0 Å². The molecule has 0 saturated carbocycles. The van der Waals surface area contributed by atoms with E-state index < -0.39 is 34.1 Å². The summed E-state index contributed by atoms with van der Waals surface area (Å²) in [5.74, 6) is -1.99. The maximum Gasteiger partial charge on any atom is 0.393 e. The van der Waals surface area contributed by atoms with E-state index in [-0.39, 0.29) is 24.5 Å². The molecule has 0 aliphatic carbocycles. The van der Waals surface area contributed by atoms with Crippen LogP contribution in [0.4, 0.5) is 13.2 Å². The monoisotopic (exact) mass is 287 g/mol. The van der Waals surface area contributed by atoms with Crippen molar-refractivity contribution in [3.63, 3.8) is 0 Å². The molecular formula is C10H16F3NO3S. The first-order chi connectivity index (χ1) is 8.19. The highest BCUT2D eigenvalue weighted by Crippen LogP contribution is 2.34. The summed E-state index contributed by atoms with van der Waals surface area (Å²) < 4.78 is 60.7. The summed E-state index contributed by atoms with van der Waals surface area (Å²) in [5.41, 5.74) is 0. The van der Waals surface area contributed by atoms with E-state index in [1.54, 1.807) is 0 Å². The molecule has 18 heavy (non-hydrogen) atoms. The van der Waals surface area contributed by atoms with Crippen LogP contribution in [0.5, 0.6) is 0 Å². The van der Waals surface area contributed by atoms with Gasteiger partial charge in [0, 0.05) is 6.54 Å². The lowest BCUT2D eigenvalue weighted by Gasteiger charge is -2.37. The molecule has 2 aliphatic rings. The van der Waals surface area contributed by atoms with E-state index in [0.717, 1.165) is 0 Å². The predicted molar refractivity (Wildman–Crippen MR) is 58.8 cm³/mol. The molecule has 4 nitrogen and oxygen atoms in total. The van der Waals surface area contributed by atoms with E-state index >= 15 is 0 Å². The van der Waals surface area contributed by atoms with Crippen LogP contribution in [0.15, 0.2) is 0 Å². The zero-order valence-electron chi connectivity index (χ0n) is 9.73. The number of aliphatic hydroxyl groups excluding tert-OH is 1. The Balaban J connectivity index is 2.06. The van der Waals surface area contributed by atoms with E-state index in [4.69, 9.17) is 0 Å². The number of likely N-dealkylation sites (tertiary alicyclic amines) is 1. The number of nitrogens with zero attached hydrogens (tertiary/aromatic N) is 1. The van der Waals surface area contributed by atoms with E-state index in [9.17, 15) is 26.7 Å². The second-order valence-corrected chi connectivity index (χ2v) is 7.24. The quantitative estimate of drug-likeness (QED) is 0.759. The SMILES string of the molecule is O=S1(=O)CC(O)C(N2CCCC(C(F)(F)F)C2)C1. The molecule has 0 spiro atoms. The molecule has 2 rings (SSSR count). The van der Waals surface area contributed by atoms with Crippen molar-refractivity contribution in [3.8, 4) is 0 Å². The first kappa shape index (κ1) is 14.1. The lowest BCUT2D eigenvalue weighted by atomic mass is 9.95. The minimum absolute atomic E-state index is 0.0789. The lowest BCUT2D eigenvalue weighted by Crippen LogP contribution is -2.50. The standard InChI is InChI=1S/C10H16F3NO3S/c11-10(12,13)7-2-1-3-14(4-7)8-5-18(16,17)6-9(8)15/h7-9,15H,1-6H2. The molecule has 2 heterocycles. The summed E-state index contributed by atoms with van der Waals surface area (Å²) in [5, 5.41) is 9.66. The van der Waals surface area contributed by atoms with Gasteiger partial charge in [0.15, 0.2) is 9.84 Å². The van der Waals surface area contributed by atoms with Crippen LogP contribution in [-0.4, -0.2) is 61.3 Å². The van der Waals surface area contributed by atoms with Crippen molar-refractivity contribution in [1.82, 2.24) is 4.90 Å². The van der Waals surface area contributed by atoms with Crippen molar-refractivity contribution in [1.29, 1.82) is 0 Å². The average molecular weight is 287 g/mol. The van der Waals surface area contributed by atoms with Crippen molar-refractivity contribution in [2.45, 2.75) is 31.2 Å². The summed E-state index contributed by atoms with van der Waals surface area (Å²) >= 11 is 0. The second-order valence-electron chi connectivity index (χ2n) is 5.09. The molecule has 3 atom stereocenters. The average Bonchev–Trinajstić information content (AvgIpc) is 2.51. The Morgan fingerprint density at radius 2 is 1.89 bits per heavy atom. The number of piperidine rings is 1. The highest BCUT2D eigenvalue weighted by molar-refractivity contribution is 7.91. The molecule has 2 aliphatic heterocycles. The molecule has 2 saturated heterocycles. The first-order valence-electron chi connectivity index (χ1n) is 5.88. The molecule has 106 valence electrons. The number of hydrogen-bond acceptors (Lipinski definition) is 4. The van der Waals surface area contributed by atoms with Gasteiger partial charge in [-0.05, 0) is 19.4 Å². The van der Waals surface area contributed by atoms with Gasteiger partial charge in [-0.2, -0.15) is 13.2 Å². The highest BCUT2D eigenvalue weighted by atomic mass is 32.2. The Bertz CT molecular complexity index is 409. The van der Waals surface area contributed by atoms with Gasteiger partial charge in [0.05, 0.1) is 29.6 Å². The van der Waals surface area contributed by atoms with Gasteiger partial charge >= 0.3 is 6.18 Å². The molecule has 0 aromatic rings. The molecule has 8 heteroatoms. The van der Waals surface area contributed by atoms with Gasteiger partial charge in [0.2, 0.25) is 0 Å². The van der Waals surface area contributed by atoms with E-state index in [1.165, 1.54) is 4.90 Å². The fraction of sp³-hybridized carbons (Fsp3) is 1.00. The second kappa shape index (κ2) is 4.64. The van der Waals surface area contributed by atoms with Crippen molar-refractivity contribution in [3.05, 3.63) is 0 Å². The summed E-state index contributed by atoms with van der Waals surface area (Å²) in [6.07, 6.45) is -4.86. The van der Waals surface area contributed by atoms with Gasteiger partial charge in [0.25, 0.3) is 0 Å². The Hall–Kier alpha value is -0.340. The summed E-state index contributed by atoms with van der Waals surface area (Å²) in [4.78, 5) is 1.48. The Morgan fingerprint density at radius 3 is 2.39 bits per heavy atom. The third-order valence-corrected chi connectivity index (χ3v) is 5.38.